The van der Waals surface area contributed by atoms with Crippen LogP contribution in [-0.4, -0.2) is 34.7 Å². The van der Waals surface area contributed by atoms with Crippen molar-refractivity contribution in [1.82, 2.24) is 15.6 Å². The van der Waals surface area contributed by atoms with Crippen LogP contribution < -0.4 is 10.6 Å². The van der Waals surface area contributed by atoms with E-state index in [0.29, 0.717) is 19.4 Å². The first-order valence-electron chi connectivity index (χ1n) is 6.71. The Morgan fingerprint density at radius 1 is 1.50 bits per heavy atom. The average molecular weight is 299 g/mol. The third-order valence-corrected chi connectivity index (χ3v) is 3.61. The van der Waals surface area contributed by atoms with Crippen LogP contribution in [0.1, 0.15) is 36.9 Å². The van der Waals surface area contributed by atoms with Gasteiger partial charge >= 0.3 is 12.0 Å². The minimum Gasteiger partial charge on any atom is -0.480 e. The number of rotatable bonds is 8. The molecule has 0 saturated heterocycles. The predicted molar refractivity (Wildman–Crippen MR) is 78.0 cm³/mol. The lowest BCUT2D eigenvalue weighted by molar-refractivity contribution is -0.139. The van der Waals surface area contributed by atoms with Crippen molar-refractivity contribution in [1.29, 1.82) is 0 Å². The molecule has 112 valence electrons. The van der Waals surface area contributed by atoms with Crippen LogP contribution in [-0.2, 0) is 11.2 Å². The van der Waals surface area contributed by atoms with Crippen molar-refractivity contribution in [3.63, 3.8) is 0 Å². The van der Waals surface area contributed by atoms with E-state index >= 15 is 0 Å². The second kappa shape index (κ2) is 8.52. The number of thiazole rings is 1. The number of carbonyl (C=O) groups is 2. The number of carbonyl (C=O) groups excluding carboxylic acids is 1. The van der Waals surface area contributed by atoms with Crippen LogP contribution >= 0.6 is 11.3 Å². The monoisotopic (exact) mass is 299 g/mol. The molecule has 1 aromatic heterocycles. The van der Waals surface area contributed by atoms with E-state index < -0.39 is 18.0 Å². The largest absolute Gasteiger partial charge is 0.480 e. The summed E-state index contributed by atoms with van der Waals surface area (Å²) >= 11 is 1.57. The second-order valence-corrected chi connectivity index (χ2v) is 5.60. The maximum atomic E-state index is 11.6. The molecule has 1 rings (SSSR count). The number of unbranched alkanes of at least 4 members (excludes halogenated alkanes) is 1. The number of aromatic nitrogens is 1. The number of nitrogens with one attached hydrogen (secondary N) is 2. The van der Waals surface area contributed by atoms with Gasteiger partial charge in [-0.1, -0.05) is 19.8 Å². The Bertz CT molecular complexity index is 448. The third-order valence-electron chi connectivity index (χ3n) is 2.78. The lowest BCUT2D eigenvalue weighted by Gasteiger charge is -2.14. The van der Waals surface area contributed by atoms with E-state index in [4.69, 9.17) is 5.11 Å². The van der Waals surface area contributed by atoms with Gasteiger partial charge in [0.15, 0.2) is 0 Å². The Morgan fingerprint density at radius 2 is 2.25 bits per heavy atom. The number of aryl methyl sites for hydroxylation is 1. The summed E-state index contributed by atoms with van der Waals surface area (Å²) in [5.41, 5.74) is 0.938. The number of amides is 2. The highest BCUT2D eigenvalue weighted by Gasteiger charge is 2.18. The molecule has 0 spiro atoms. The van der Waals surface area contributed by atoms with Gasteiger partial charge in [0.1, 0.15) is 6.04 Å². The van der Waals surface area contributed by atoms with Gasteiger partial charge in [-0.05, 0) is 13.3 Å². The topological polar surface area (TPSA) is 91.3 Å². The molecule has 0 aliphatic heterocycles. The summed E-state index contributed by atoms with van der Waals surface area (Å²) in [6.45, 7) is 4.35. The van der Waals surface area contributed by atoms with Gasteiger partial charge in [-0.15, -0.1) is 11.3 Å². The van der Waals surface area contributed by atoms with E-state index in [2.05, 4.69) is 15.6 Å². The highest BCUT2D eigenvalue weighted by molar-refractivity contribution is 7.09. The highest BCUT2D eigenvalue weighted by Crippen LogP contribution is 2.07. The van der Waals surface area contributed by atoms with Crippen LogP contribution in [0.2, 0.25) is 0 Å². The second-order valence-electron chi connectivity index (χ2n) is 4.54. The predicted octanol–water partition coefficient (Wildman–Crippen LogP) is 1.94. The standard InChI is InChI=1S/C13H21N3O3S/c1-3-4-5-11(12(17)18)16-13(19)14-7-6-10-8-20-9(2)15-10/h8,11H,3-7H2,1-2H3,(H,17,18)(H2,14,16,19). The summed E-state index contributed by atoms with van der Waals surface area (Å²) < 4.78 is 0. The SMILES string of the molecule is CCCCC(NC(=O)NCCc1csc(C)n1)C(=O)O. The van der Waals surface area contributed by atoms with E-state index in [-0.39, 0.29) is 0 Å². The first kappa shape index (κ1) is 16.4. The van der Waals surface area contributed by atoms with Crippen molar-refractivity contribution in [2.24, 2.45) is 0 Å². The number of carboxylic acid groups (broad SMARTS) is 1. The molecule has 1 unspecified atom stereocenters. The fourth-order valence-corrected chi connectivity index (χ4v) is 2.35. The third kappa shape index (κ3) is 6.01. The smallest absolute Gasteiger partial charge is 0.326 e. The van der Waals surface area contributed by atoms with Gasteiger partial charge in [-0.2, -0.15) is 0 Å². The molecule has 20 heavy (non-hydrogen) atoms. The molecule has 1 heterocycles. The molecule has 0 bridgehead atoms. The van der Waals surface area contributed by atoms with Gasteiger partial charge in [-0.3, -0.25) is 0 Å². The van der Waals surface area contributed by atoms with E-state index in [9.17, 15) is 9.59 Å². The van der Waals surface area contributed by atoms with Crippen LogP contribution in [0.5, 0.6) is 0 Å². The summed E-state index contributed by atoms with van der Waals surface area (Å²) in [6.07, 6.45) is 2.76. The van der Waals surface area contributed by atoms with Crippen LogP contribution in [0.3, 0.4) is 0 Å². The normalized spacial score (nSPS) is 11.9. The zero-order valence-corrected chi connectivity index (χ0v) is 12.6. The maximum Gasteiger partial charge on any atom is 0.326 e. The molecular formula is C13H21N3O3S. The van der Waals surface area contributed by atoms with Crippen molar-refractivity contribution in [2.75, 3.05) is 6.54 Å². The van der Waals surface area contributed by atoms with Crippen molar-refractivity contribution in [3.8, 4) is 0 Å². The molecule has 7 heteroatoms. The molecular weight excluding hydrogens is 278 g/mol. The molecule has 1 atom stereocenters. The number of urea groups is 1. The summed E-state index contributed by atoms with van der Waals surface area (Å²) in [5, 5.41) is 17.1. The molecule has 0 saturated carbocycles. The van der Waals surface area contributed by atoms with Crippen LogP contribution in [0.25, 0.3) is 0 Å². The Balaban J connectivity index is 2.28. The Morgan fingerprint density at radius 3 is 2.80 bits per heavy atom. The van der Waals surface area contributed by atoms with Gasteiger partial charge in [0.05, 0.1) is 10.7 Å². The van der Waals surface area contributed by atoms with E-state index in [1.54, 1.807) is 11.3 Å². The van der Waals surface area contributed by atoms with Crippen LogP contribution in [0.4, 0.5) is 4.79 Å². The molecule has 0 aromatic carbocycles. The molecule has 2 amide bonds. The molecule has 0 aliphatic rings. The van der Waals surface area contributed by atoms with E-state index in [0.717, 1.165) is 23.5 Å². The number of nitrogens with zero attached hydrogens (tertiary/aromatic N) is 1. The van der Waals surface area contributed by atoms with Gasteiger partial charge in [0.25, 0.3) is 0 Å². The van der Waals surface area contributed by atoms with Gasteiger partial charge < -0.3 is 15.7 Å². The van der Waals surface area contributed by atoms with E-state index in [1.165, 1.54) is 0 Å². The maximum absolute atomic E-state index is 11.6. The quantitative estimate of drug-likeness (QED) is 0.684. The highest BCUT2D eigenvalue weighted by atomic mass is 32.1. The fourth-order valence-electron chi connectivity index (χ4n) is 1.70. The summed E-state index contributed by atoms with van der Waals surface area (Å²) in [4.78, 5) is 26.9. The van der Waals surface area contributed by atoms with Crippen molar-refractivity contribution < 1.29 is 14.7 Å². The lowest BCUT2D eigenvalue weighted by atomic mass is 10.1. The Labute approximate surface area is 122 Å². The Kier molecular flexibility index (Phi) is 7.00. The summed E-state index contributed by atoms with van der Waals surface area (Å²) in [7, 11) is 0. The summed E-state index contributed by atoms with van der Waals surface area (Å²) in [5.74, 6) is -0.997. The van der Waals surface area contributed by atoms with Crippen LogP contribution in [0.15, 0.2) is 5.38 Å². The molecule has 0 radical (unpaired) electrons. The Hall–Kier alpha value is -1.63. The molecule has 6 nitrogen and oxygen atoms in total. The average Bonchev–Trinajstić information content (AvgIpc) is 2.80. The minimum absolute atomic E-state index is 0.440. The lowest BCUT2D eigenvalue weighted by Crippen LogP contribution is -2.46. The van der Waals surface area contributed by atoms with Crippen molar-refractivity contribution in [3.05, 3.63) is 16.1 Å². The zero-order chi connectivity index (χ0) is 15.0. The first-order valence-corrected chi connectivity index (χ1v) is 7.59. The molecule has 3 N–H and O–H groups in total. The van der Waals surface area contributed by atoms with Gasteiger partial charge in [0, 0.05) is 18.3 Å². The van der Waals surface area contributed by atoms with Crippen molar-refractivity contribution >= 4 is 23.3 Å². The van der Waals surface area contributed by atoms with Gasteiger partial charge in [0.2, 0.25) is 0 Å². The van der Waals surface area contributed by atoms with Crippen LogP contribution in [0, 0.1) is 6.92 Å². The zero-order valence-electron chi connectivity index (χ0n) is 11.8. The number of aliphatic carboxylic acids is 1. The fraction of sp³-hybridized carbons (Fsp3) is 0.615. The molecule has 0 fully saturated rings. The minimum atomic E-state index is -0.997. The first-order chi connectivity index (χ1) is 9.52. The number of carboxylic acids is 1. The molecule has 1 aromatic rings. The number of hydrogen-bond donors (Lipinski definition) is 3. The van der Waals surface area contributed by atoms with E-state index in [1.807, 2.05) is 19.2 Å². The molecule has 0 aliphatic carbocycles. The summed E-state index contributed by atoms with van der Waals surface area (Å²) in [6, 6.07) is -1.27. The van der Waals surface area contributed by atoms with Crippen molar-refractivity contribution in [2.45, 2.75) is 45.6 Å². The number of hydrogen-bond acceptors (Lipinski definition) is 4. The van der Waals surface area contributed by atoms with Gasteiger partial charge in [-0.25, -0.2) is 14.6 Å².